The van der Waals surface area contributed by atoms with Crippen molar-refractivity contribution in [2.45, 2.75) is 6.54 Å². The summed E-state index contributed by atoms with van der Waals surface area (Å²) >= 11 is 0. The molecule has 1 aromatic carbocycles. The van der Waals surface area contributed by atoms with Crippen LogP contribution in [0.2, 0.25) is 0 Å². The third-order valence-electron chi connectivity index (χ3n) is 3.00. The fourth-order valence-corrected chi connectivity index (χ4v) is 1.99. The number of nitriles is 1. The van der Waals surface area contributed by atoms with Crippen molar-refractivity contribution in [3.8, 4) is 6.07 Å². The van der Waals surface area contributed by atoms with Crippen LogP contribution in [0.25, 0.3) is 0 Å². The molecule has 0 bridgehead atoms. The number of primary amides is 1. The zero-order chi connectivity index (χ0) is 15.4. The Morgan fingerprint density at radius 1 is 1.38 bits per heavy atom. The molecule has 0 aliphatic heterocycles. The Morgan fingerprint density at radius 3 is 2.81 bits per heavy atom. The Balaban J connectivity index is 2.27. The number of amides is 1. The molecule has 1 aromatic heterocycles. The SMILES string of the molecule is CN(Cc1cccc(C#N)c1)c1nc(C(N)=O)ccc1N. The first kappa shape index (κ1) is 14.3. The van der Waals surface area contributed by atoms with Crippen LogP contribution in [-0.2, 0) is 6.54 Å². The highest BCUT2D eigenvalue weighted by molar-refractivity contribution is 5.91. The van der Waals surface area contributed by atoms with Gasteiger partial charge in [0, 0.05) is 13.6 Å². The maximum Gasteiger partial charge on any atom is 0.267 e. The van der Waals surface area contributed by atoms with Crippen LogP contribution in [0.5, 0.6) is 0 Å². The molecule has 0 aliphatic carbocycles. The van der Waals surface area contributed by atoms with Crippen LogP contribution in [0.4, 0.5) is 11.5 Å². The summed E-state index contributed by atoms with van der Waals surface area (Å²) in [6.07, 6.45) is 0. The number of nitrogens with zero attached hydrogens (tertiary/aromatic N) is 3. The summed E-state index contributed by atoms with van der Waals surface area (Å²) in [6, 6.07) is 12.5. The van der Waals surface area contributed by atoms with E-state index in [1.807, 2.05) is 19.2 Å². The van der Waals surface area contributed by atoms with Crippen molar-refractivity contribution in [3.05, 3.63) is 53.2 Å². The molecule has 1 heterocycles. The lowest BCUT2D eigenvalue weighted by atomic mass is 10.1. The summed E-state index contributed by atoms with van der Waals surface area (Å²) in [5.41, 5.74) is 13.3. The smallest absolute Gasteiger partial charge is 0.267 e. The van der Waals surface area contributed by atoms with Gasteiger partial charge in [0.25, 0.3) is 5.91 Å². The molecule has 0 unspecified atom stereocenters. The van der Waals surface area contributed by atoms with Crippen molar-refractivity contribution in [2.75, 3.05) is 17.7 Å². The highest BCUT2D eigenvalue weighted by Crippen LogP contribution is 2.21. The molecule has 0 saturated heterocycles. The van der Waals surface area contributed by atoms with Crippen molar-refractivity contribution in [1.82, 2.24) is 4.98 Å². The normalized spacial score (nSPS) is 9.90. The van der Waals surface area contributed by atoms with E-state index in [9.17, 15) is 4.79 Å². The summed E-state index contributed by atoms with van der Waals surface area (Å²) in [5.74, 6) is -0.121. The molecule has 21 heavy (non-hydrogen) atoms. The predicted molar refractivity (Wildman–Crippen MR) is 80.4 cm³/mol. The first-order chi connectivity index (χ1) is 10.0. The van der Waals surface area contributed by atoms with E-state index in [1.165, 1.54) is 6.07 Å². The Hall–Kier alpha value is -3.07. The van der Waals surface area contributed by atoms with Crippen molar-refractivity contribution in [1.29, 1.82) is 5.26 Å². The van der Waals surface area contributed by atoms with Crippen LogP contribution in [0.15, 0.2) is 36.4 Å². The van der Waals surface area contributed by atoms with Gasteiger partial charge in [-0.1, -0.05) is 12.1 Å². The number of carbonyl (C=O) groups excluding carboxylic acids is 1. The van der Waals surface area contributed by atoms with Gasteiger partial charge in [-0.25, -0.2) is 4.98 Å². The topological polar surface area (TPSA) is 109 Å². The van der Waals surface area contributed by atoms with Crippen LogP contribution >= 0.6 is 0 Å². The average Bonchev–Trinajstić information content (AvgIpc) is 2.47. The molecular weight excluding hydrogens is 266 g/mol. The molecule has 2 aromatic rings. The van der Waals surface area contributed by atoms with Gasteiger partial charge in [-0.2, -0.15) is 5.26 Å². The zero-order valence-corrected chi connectivity index (χ0v) is 11.6. The van der Waals surface area contributed by atoms with Gasteiger partial charge in [0.2, 0.25) is 0 Å². The van der Waals surface area contributed by atoms with E-state index >= 15 is 0 Å². The molecule has 0 spiro atoms. The lowest BCUT2D eigenvalue weighted by Gasteiger charge is -2.20. The Bertz CT molecular complexity index is 720. The zero-order valence-electron chi connectivity index (χ0n) is 11.6. The quantitative estimate of drug-likeness (QED) is 0.877. The van der Waals surface area contributed by atoms with Crippen molar-refractivity contribution < 1.29 is 4.79 Å². The molecule has 2 rings (SSSR count). The lowest BCUT2D eigenvalue weighted by Crippen LogP contribution is -2.21. The van der Waals surface area contributed by atoms with Gasteiger partial charge < -0.3 is 16.4 Å². The first-order valence-corrected chi connectivity index (χ1v) is 6.27. The maximum atomic E-state index is 11.2. The Kier molecular flexibility index (Phi) is 4.05. The summed E-state index contributed by atoms with van der Waals surface area (Å²) in [7, 11) is 1.81. The molecule has 6 nitrogen and oxygen atoms in total. The molecule has 0 saturated carbocycles. The number of anilines is 2. The van der Waals surface area contributed by atoms with Gasteiger partial charge in [0.05, 0.1) is 17.3 Å². The van der Waals surface area contributed by atoms with Gasteiger partial charge in [0.15, 0.2) is 5.82 Å². The van der Waals surface area contributed by atoms with Gasteiger partial charge in [-0.3, -0.25) is 4.79 Å². The third-order valence-corrected chi connectivity index (χ3v) is 3.00. The third kappa shape index (κ3) is 3.28. The first-order valence-electron chi connectivity index (χ1n) is 6.27. The molecule has 0 radical (unpaired) electrons. The fourth-order valence-electron chi connectivity index (χ4n) is 1.99. The highest BCUT2D eigenvalue weighted by atomic mass is 16.1. The van der Waals surface area contributed by atoms with E-state index < -0.39 is 5.91 Å². The molecule has 0 aliphatic rings. The van der Waals surface area contributed by atoms with E-state index in [-0.39, 0.29) is 5.69 Å². The molecule has 106 valence electrons. The second kappa shape index (κ2) is 5.92. The molecule has 6 heteroatoms. The minimum Gasteiger partial charge on any atom is -0.396 e. The number of rotatable bonds is 4. The average molecular weight is 281 g/mol. The van der Waals surface area contributed by atoms with Gasteiger partial charge in [-0.05, 0) is 29.8 Å². The highest BCUT2D eigenvalue weighted by Gasteiger charge is 2.11. The number of hydrogen-bond donors (Lipinski definition) is 2. The van der Waals surface area contributed by atoms with Crippen LogP contribution in [0.1, 0.15) is 21.6 Å². The van der Waals surface area contributed by atoms with Gasteiger partial charge in [-0.15, -0.1) is 0 Å². The van der Waals surface area contributed by atoms with Gasteiger partial charge >= 0.3 is 0 Å². The number of nitrogens with two attached hydrogens (primary N) is 2. The predicted octanol–water partition coefficient (Wildman–Crippen LogP) is 1.27. The summed E-state index contributed by atoms with van der Waals surface area (Å²) in [5, 5.41) is 8.91. The number of benzene rings is 1. The molecule has 1 amide bonds. The molecule has 0 fully saturated rings. The summed E-state index contributed by atoms with van der Waals surface area (Å²) in [4.78, 5) is 17.2. The Labute approximate surface area is 122 Å². The number of hydrogen-bond acceptors (Lipinski definition) is 5. The standard InChI is InChI=1S/C15H15N5O/c1-20(9-11-4-2-3-10(7-11)8-16)15-12(17)5-6-13(19-15)14(18)21/h2-7H,9,17H2,1H3,(H2,18,21). The lowest BCUT2D eigenvalue weighted by molar-refractivity contribution is 0.0995. The van der Waals surface area contributed by atoms with Crippen molar-refractivity contribution in [3.63, 3.8) is 0 Å². The Morgan fingerprint density at radius 2 is 2.14 bits per heavy atom. The van der Waals surface area contributed by atoms with Crippen LogP contribution in [-0.4, -0.2) is 17.9 Å². The minimum atomic E-state index is -0.601. The number of carbonyl (C=O) groups is 1. The fraction of sp³-hybridized carbons (Fsp3) is 0.133. The molecule has 0 atom stereocenters. The van der Waals surface area contributed by atoms with Crippen LogP contribution in [0.3, 0.4) is 0 Å². The number of nitrogen functional groups attached to an aromatic ring is 1. The molecular formula is C15H15N5O. The second-order valence-electron chi connectivity index (χ2n) is 4.64. The van der Waals surface area contributed by atoms with E-state index in [2.05, 4.69) is 11.1 Å². The summed E-state index contributed by atoms with van der Waals surface area (Å²) < 4.78 is 0. The number of aromatic nitrogens is 1. The van der Waals surface area contributed by atoms with Crippen LogP contribution in [0, 0.1) is 11.3 Å². The van der Waals surface area contributed by atoms with E-state index in [0.29, 0.717) is 23.6 Å². The maximum absolute atomic E-state index is 11.2. The second-order valence-corrected chi connectivity index (χ2v) is 4.64. The largest absolute Gasteiger partial charge is 0.396 e. The minimum absolute atomic E-state index is 0.164. The number of pyridine rings is 1. The van der Waals surface area contributed by atoms with E-state index in [4.69, 9.17) is 16.7 Å². The van der Waals surface area contributed by atoms with E-state index in [1.54, 1.807) is 23.1 Å². The monoisotopic (exact) mass is 281 g/mol. The van der Waals surface area contributed by atoms with Crippen LogP contribution < -0.4 is 16.4 Å². The summed E-state index contributed by atoms with van der Waals surface area (Å²) in [6.45, 7) is 0.509. The van der Waals surface area contributed by atoms with Crippen molar-refractivity contribution >= 4 is 17.4 Å². The van der Waals surface area contributed by atoms with Crippen molar-refractivity contribution in [2.24, 2.45) is 5.73 Å². The molecule has 4 N–H and O–H groups in total. The van der Waals surface area contributed by atoms with E-state index in [0.717, 1.165) is 5.56 Å². The van der Waals surface area contributed by atoms with Gasteiger partial charge in [0.1, 0.15) is 5.69 Å².